The molecule has 20 heavy (non-hydrogen) atoms. The first-order valence-electron chi connectivity index (χ1n) is 6.32. The van der Waals surface area contributed by atoms with Crippen LogP contribution in [0, 0.1) is 12.7 Å². The lowest BCUT2D eigenvalue weighted by atomic mass is 10.1. The molecule has 0 aliphatic rings. The van der Waals surface area contributed by atoms with E-state index in [1.54, 1.807) is 31.2 Å². The number of aliphatic hydroxyl groups is 1. The molecule has 0 bridgehead atoms. The largest absolute Gasteiger partial charge is 0.489 e. The van der Waals surface area contributed by atoms with Crippen molar-refractivity contribution in [1.29, 1.82) is 0 Å². The van der Waals surface area contributed by atoms with Crippen LogP contribution < -0.4 is 4.74 Å². The molecule has 2 aromatic carbocycles. The second-order valence-corrected chi connectivity index (χ2v) is 5.15. The lowest BCUT2D eigenvalue weighted by Gasteiger charge is -2.15. The maximum absolute atomic E-state index is 13.2. The number of aryl methyl sites for hydroxylation is 1. The third-order valence-corrected chi connectivity index (χ3v) is 3.35. The van der Waals surface area contributed by atoms with Gasteiger partial charge in [-0.2, -0.15) is 0 Å². The van der Waals surface area contributed by atoms with Gasteiger partial charge < -0.3 is 9.84 Å². The van der Waals surface area contributed by atoms with Crippen molar-refractivity contribution >= 4 is 11.6 Å². The summed E-state index contributed by atoms with van der Waals surface area (Å²) in [4.78, 5) is 0. The summed E-state index contributed by atoms with van der Waals surface area (Å²) in [6.07, 6.45) is -0.683. The molecule has 0 heterocycles. The minimum absolute atomic E-state index is 0.241. The van der Waals surface area contributed by atoms with Crippen LogP contribution in [0.2, 0.25) is 5.02 Å². The molecule has 0 aliphatic carbocycles. The van der Waals surface area contributed by atoms with Gasteiger partial charge in [-0.05, 0) is 55.3 Å². The summed E-state index contributed by atoms with van der Waals surface area (Å²) >= 11 is 5.91. The van der Waals surface area contributed by atoms with E-state index in [1.807, 2.05) is 6.92 Å². The fourth-order valence-electron chi connectivity index (χ4n) is 1.93. The number of ether oxygens (including phenoxy) is 1. The maximum atomic E-state index is 13.2. The first kappa shape index (κ1) is 14.8. The average Bonchev–Trinajstić information content (AvgIpc) is 2.40. The van der Waals surface area contributed by atoms with Gasteiger partial charge in [0.1, 0.15) is 18.2 Å². The summed E-state index contributed by atoms with van der Waals surface area (Å²) in [5, 5.41) is 10.3. The highest BCUT2D eigenvalue weighted by molar-refractivity contribution is 6.30. The molecule has 0 saturated carbocycles. The maximum Gasteiger partial charge on any atom is 0.125 e. The summed E-state index contributed by atoms with van der Waals surface area (Å²) in [6.45, 7) is 3.78. The first-order valence-corrected chi connectivity index (χ1v) is 6.70. The van der Waals surface area contributed by atoms with E-state index in [1.165, 1.54) is 12.1 Å². The number of halogens is 2. The molecule has 2 nitrogen and oxygen atoms in total. The van der Waals surface area contributed by atoms with Gasteiger partial charge in [0.05, 0.1) is 6.10 Å². The Bertz CT molecular complexity index is 611. The van der Waals surface area contributed by atoms with Crippen molar-refractivity contribution in [2.24, 2.45) is 0 Å². The van der Waals surface area contributed by atoms with Gasteiger partial charge in [0.25, 0.3) is 0 Å². The molecule has 0 aliphatic heterocycles. The molecule has 0 unspecified atom stereocenters. The molecule has 2 aromatic rings. The predicted molar refractivity (Wildman–Crippen MR) is 77.6 cm³/mol. The lowest BCUT2D eigenvalue weighted by molar-refractivity contribution is 0.190. The third-order valence-electron chi connectivity index (χ3n) is 3.12. The molecule has 0 saturated heterocycles. The highest BCUT2D eigenvalue weighted by Crippen LogP contribution is 2.29. The van der Waals surface area contributed by atoms with Gasteiger partial charge in [-0.3, -0.25) is 0 Å². The molecule has 0 fully saturated rings. The fourth-order valence-corrected chi connectivity index (χ4v) is 2.11. The number of hydrogen-bond acceptors (Lipinski definition) is 2. The van der Waals surface area contributed by atoms with Crippen molar-refractivity contribution in [1.82, 2.24) is 0 Å². The van der Waals surface area contributed by atoms with Gasteiger partial charge in [-0.25, -0.2) is 4.39 Å². The number of benzene rings is 2. The molecular weight excluding hydrogens is 279 g/mol. The van der Waals surface area contributed by atoms with Crippen LogP contribution in [0.4, 0.5) is 4.39 Å². The zero-order chi connectivity index (χ0) is 14.7. The van der Waals surface area contributed by atoms with Crippen LogP contribution >= 0.6 is 11.6 Å². The quantitative estimate of drug-likeness (QED) is 0.904. The van der Waals surface area contributed by atoms with Crippen LogP contribution in [0.25, 0.3) is 0 Å². The summed E-state index contributed by atoms with van der Waals surface area (Å²) in [6, 6.07) is 9.65. The summed E-state index contributed by atoms with van der Waals surface area (Å²) in [7, 11) is 0. The highest BCUT2D eigenvalue weighted by Gasteiger charge is 2.11. The van der Waals surface area contributed by atoms with Crippen LogP contribution in [-0.2, 0) is 6.61 Å². The van der Waals surface area contributed by atoms with Crippen molar-refractivity contribution in [3.05, 3.63) is 63.9 Å². The molecule has 0 radical (unpaired) electrons. The van der Waals surface area contributed by atoms with E-state index in [0.717, 1.165) is 11.1 Å². The highest BCUT2D eigenvalue weighted by atomic mass is 35.5. The van der Waals surface area contributed by atoms with Crippen molar-refractivity contribution in [2.45, 2.75) is 26.6 Å². The van der Waals surface area contributed by atoms with Gasteiger partial charge in [0.15, 0.2) is 0 Å². The minimum atomic E-state index is -0.683. The summed E-state index contributed by atoms with van der Waals surface area (Å²) < 4.78 is 18.9. The average molecular weight is 295 g/mol. The van der Waals surface area contributed by atoms with Gasteiger partial charge in [0, 0.05) is 10.6 Å². The van der Waals surface area contributed by atoms with Crippen LogP contribution in [0.15, 0.2) is 36.4 Å². The van der Waals surface area contributed by atoms with Crippen molar-refractivity contribution in [3.63, 3.8) is 0 Å². The van der Waals surface area contributed by atoms with Crippen LogP contribution in [-0.4, -0.2) is 5.11 Å². The first-order chi connectivity index (χ1) is 9.47. The number of rotatable bonds is 4. The van der Waals surface area contributed by atoms with Crippen LogP contribution in [0.5, 0.6) is 5.75 Å². The Morgan fingerprint density at radius 2 is 2.00 bits per heavy atom. The molecule has 0 spiro atoms. The molecule has 1 N–H and O–H groups in total. The standard InChI is InChI=1S/C16H16ClFO2/c1-10-3-5-14(18)7-12(10)9-20-16-6-4-13(17)8-15(16)11(2)19/h3-8,11,19H,9H2,1-2H3/t11-/m0/s1. The van der Waals surface area contributed by atoms with E-state index >= 15 is 0 Å². The van der Waals surface area contributed by atoms with Crippen LogP contribution in [0.3, 0.4) is 0 Å². The topological polar surface area (TPSA) is 29.5 Å². The molecular formula is C16H16ClFO2. The Labute approximate surface area is 122 Å². The zero-order valence-corrected chi connectivity index (χ0v) is 12.1. The Balaban J connectivity index is 2.20. The van der Waals surface area contributed by atoms with Crippen molar-refractivity contribution in [2.75, 3.05) is 0 Å². The minimum Gasteiger partial charge on any atom is -0.489 e. The lowest BCUT2D eigenvalue weighted by Crippen LogP contribution is -2.02. The Morgan fingerprint density at radius 3 is 2.70 bits per heavy atom. The number of aliphatic hydroxyl groups excluding tert-OH is 1. The number of hydrogen-bond donors (Lipinski definition) is 1. The molecule has 2 rings (SSSR count). The second-order valence-electron chi connectivity index (χ2n) is 4.72. The van der Waals surface area contributed by atoms with E-state index in [0.29, 0.717) is 16.3 Å². The Kier molecular flexibility index (Phi) is 4.63. The van der Waals surface area contributed by atoms with Gasteiger partial charge >= 0.3 is 0 Å². The molecule has 1 atom stereocenters. The van der Waals surface area contributed by atoms with E-state index in [4.69, 9.17) is 16.3 Å². The van der Waals surface area contributed by atoms with E-state index < -0.39 is 6.10 Å². The van der Waals surface area contributed by atoms with E-state index in [2.05, 4.69) is 0 Å². The normalized spacial score (nSPS) is 12.2. The van der Waals surface area contributed by atoms with Crippen molar-refractivity contribution < 1.29 is 14.2 Å². The van der Waals surface area contributed by atoms with E-state index in [-0.39, 0.29) is 12.4 Å². The third kappa shape index (κ3) is 3.50. The fraction of sp³-hybridized carbons (Fsp3) is 0.250. The monoisotopic (exact) mass is 294 g/mol. The molecule has 4 heteroatoms. The molecule has 0 amide bonds. The zero-order valence-electron chi connectivity index (χ0n) is 11.4. The van der Waals surface area contributed by atoms with Gasteiger partial charge in [0.2, 0.25) is 0 Å². The van der Waals surface area contributed by atoms with Gasteiger partial charge in [-0.15, -0.1) is 0 Å². The molecule has 0 aromatic heterocycles. The van der Waals surface area contributed by atoms with Gasteiger partial charge in [-0.1, -0.05) is 17.7 Å². The van der Waals surface area contributed by atoms with Crippen molar-refractivity contribution in [3.8, 4) is 5.75 Å². The second kappa shape index (κ2) is 6.25. The van der Waals surface area contributed by atoms with Crippen LogP contribution in [0.1, 0.15) is 29.7 Å². The Hall–Kier alpha value is -1.58. The summed E-state index contributed by atoms with van der Waals surface area (Å²) in [5.41, 5.74) is 2.35. The smallest absolute Gasteiger partial charge is 0.125 e. The van der Waals surface area contributed by atoms with E-state index in [9.17, 15) is 9.50 Å². The SMILES string of the molecule is Cc1ccc(F)cc1COc1ccc(Cl)cc1[C@H](C)O. The molecule has 106 valence electrons. The summed E-state index contributed by atoms with van der Waals surface area (Å²) in [5.74, 6) is 0.258. The predicted octanol–water partition coefficient (Wildman–Crippen LogP) is 4.42. The Morgan fingerprint density at radius 1 is 1.25 bits per heavy atom.